The zero-order valence-corrected chi connectivity index (χ0v) is 12.3. The van der Waals surface area contributed by atoms with E-state index < -0.39 is 0 Å². The molecule has 0 bridgehead atoms. The largest absolute Gasteiger partial charge is 0.481 e. The van der Waals surface area contributed by atoms with Crippen molar-refractivity contribution in [3.63, 3.8) is 0 Å². The molecule has 0 aliphatic heterocycles. The summed E-state index contributed by atoms with van der Waals surface area (Å²) < 4.78 is 5.03. The van der Waals surface area contributed by atoms with Gasteiger partial charge in [0.15, 0.2) is 5.11 Å². The first-order chi connectivity index (χ1) is 9.17. The normalized spacial score (nSPS) is 16.9. The van der Waals surface area contributed by atoms with Crippen LogP contribution in [0.1, 0.15) is 39.0 Å². The van der Waals surface area contributed by atoms with Crippen LogP contribution in [0, 0.1) is 0 Å². The molecular formula is C14H21N3OS. The lowest BCUT2D eigenvalue weighted by atomic mass is 9.95. The van der Waals surface area contributed by atoms with Gasteiger partial charge in [-0.3, -0.25) is 0 Å². The van der Waals surface area contributed by atoms with E-state index in [1.807, 2.05) is 12.1 Å². The summed E-state index contributed by atoms with van der Waals surface area (Å²) in [5, 5.41) is 7.34. The summed E-state index contributed by atoms with van der Waals surface area (Å²) in [4.78, 5) is 4.15. The fraction of sp³-hybridized carbons (Fsp3) is 0.571. The molecular weight excluding hydrogens is 258 g/mol. The molecule has 2 rings (SSSR count). The van der Waals surface area contributed by atoms with E-state index in [4.69, 9.17) is 17.0 Å². The average molecular weight is 279 g/mol. The quantitative estimate of drug-likeness (QED) is 0.829. The van der Waals surface area contributed by atoms with Crippen molar-refractivity contribution in [2.24, 2.45) is 0 Å². The molecule has 0 radical (unpaired) electrons. The Morgan fingerprint density at radius 3 is 2.68 bits per heavy atom. The van der Waals surface area contributed by atoms with E-state index in [9.17, 15) is 0 Å². The smallest absolute Gasteiger partial charge is 0.213 e. The zero-order chi connectivity index (χ0) is 13.7. The monoisotopic (exact) mass is 279 g/mol. The van der Waals surface area contributed by atoms with Crippen molar-refractivity contribution in [3.8, 4) is 5.88 Å². The van der Waals surface area contributed by atoms with Crippen molar-refractivity contribution in [2.75, 3.05) is 12.4 Å². The highest BCUT2D eigenvalue weighted by molar-refractivity contribution is 7.80. The van der Waals surface area contributed by atoms with E-state index in [1.165, 1.54) is 25.7 Å². The number of hydrogen-bond acceptors (Lipinski definition) is 3. The molecule has 0 spiro atoms. The molecule has 0 saturated heterocycles. The molecule has 1 aliphatic rings. The van der Waals surface area contributed by atoms with Gasteiger partial charge in [0.1, 0.15) is 0 Å². The van der Waals surface area contributed by atoms with Gasteiger partial charge in [0, 0.05) is 11.6 Å². The maximum Gasteiger partial charge on any atom is 0.213 e. The number of rotatable bonds is 4. The molecule has 0 unspecified atom stereocenters. The van der Waals surface area contributed by atoms with Crippen molar-refractivity contribution >= 4 is 23.0 Å². The summed E-state index contributed by atoms with van der Waals surface area (Å²) in [7, 11) is 1.60. The fourth-order valence-electron chi connectivity index (χ4n) is 2.60. The van der Waals surface area contributed by atoms with Crippen LogP contribution in [0.5, 0.6) is 5.88 Å². The predicted octanol–water partition coefficient (Wildman–Crippen LogP) is 3.10. The van der Waals surface area contributed by atoms with Crippen LogP contribution in [0.15, 0.2) is 18.3 Å². The highest BCUT2D eigenvalue weighted by Gasteiger charge is 2.32. The van der Waals surface area contributed by atoms with Crippen molar-refractivity contribution < 1.29 is 4.74 Å². The van der Waals surface area contributed by atoms with E-state index in [0.29, 0.717) is 11.0 Å². The fourth-order valence-corrected chi connectivity index (χ4v) is 2.93. The third kappa shape index (κ3) is 3.56. The lowest BCUT2D eigenvalue weighted by Gasteiger charge is -2.30. The Hall–Kier alpha value is -1.36. The molecule has 1 aromatic rings. The first kappa shape index (κ1) is 14.1. The number of ether oxygens (including phenoxy) is 1. The van der Waals surface area contributed by atoms with E-state index >= 15 is 0 Å². The maximum absolute atomic E-state index is 5.39. The Balaban J connectivity index is 1.93. The van der Waals surface area contributed by atoms with Crippen LogP contribution >= 0.6 is 12.2 Å². The Bertz CT molecular complexity index is 427. The van der Waals surface area contributed by atoms with Crippen molar-refractivity contribution in [2.45, 2.75) is 44.6 Å². The number of anilines is 1. The number of nitrogens with one attached hydrogen (secondary N) is 2. The molecule has 4 nitrogen and oxygen atoms in total. The number of aromatic nitrogens is 1. The molecule has 2 N–H and O–H groups in total. The summed E-state index contributed by atoms with van der Waals surface area (Å²) in [5.41, 5.74) is 1.06. The van der Waals surface area contributed by atoms with Gasteiger partial charge in [-0.15, -0.1) is 0 Å². The molecule has 0 atom stereocenters. The lowest BCUT2D eigenvalue weighted by molar-refractivity contribution is 0.378. The highest BCUT2D eigenvalue weighted by Crippen LogP contribution is 2.32. The van der Waals surface area contributed by atoms with Gasteiger partial charge in [-0.2, -0.15) is 0 Å². The van der Waals surface area contributed by atoms with Crippen LogP contribution in [0.25, 0.3) is 0 Å². The number of nitrogens with zero attached hydrogens (tertiary/aromatic N) is 1. The molecule has 0 amide bonds. The third-order valence-corrected chi connectivity index (χ3v) is 4.02. The Morgan fingerprint density at radius 1 is 1.42 bits per heavy atom. The van der Waals surface area contributed by atoms with Gasteiger partial charge < -0.3 is 15.4 Å². The minimum Gasteiger partial charge on any atom is -0.481 e. The van der Waals surface area contributed by atoms with Crippen molar-refractivity contribution in [1.82, 2.24) is 10.3 Å². The Morgan fingerprint density at radius 2 is 2.16 bits per heavy atom. The van der Waals surface area contributed by atoms with Crippen LogP contribution in [0.4, 0.5) is 5.69 Å². The van der Waals surface area contributed by atoms with Gasteiger partial charge in [0.25, 0.3) is 0 Å². The average Bonchev–Trinajstić information content (AvgIpc) is 2.88. The predicted molar refractivity (Wildman–Crippen MR) is 81.6 cm³/mol. The van der Waals surface area contributed by atoms with Crippen LogP contribution in [-0.4, -0.2) is 22.7 Å². The van der Waals surface area contributed by atoms with Crippen LogP contribution < -0.4 is 15.4 Å². The highest BCUT2D eigenvalue weighted by atomic mass is 32.1. The molecule has 1 aromatic heterocycles. The number of pyridine rings is 1. The second-order valence-corrected chi connectivity index (χ2v) is 5.42. The molecule has 5 heteroatoms. The van der Waals surface area contributed by atoms with Gasteiger partial charge in [-0.1, -0.05) is 19.8 Å². The Labute approximate surface area is 120 Å². The van der Waals surface area contributed by atoms with Crippen molar-refractivity contribution in [1.29, 1.82) is 0 Å². The van der Waals surface area contributed by atoms with E-state index in [0.717, 1.165) is 12.1 Å². The van der Waals surface area contributed by atoms with Gasteiger partial charge in [-0.25, -0.2) is 4.98 Å². The van der Waals surface area contributed by atoms with Crippen LogP contribution in [0.2, 0.25) is 0 Å². The van der Waals surface area contributed by atoms with Crippen LogP contribution in [-0.2, 0) is 0 Å². The first-order valence-electron chi connectivity index (χ1n) is 6.77. The van der Waals surface area contributed by atoms with Gasteiger partial charge in [0.05, 0.1) is 19.0 Å². The van der Waals surface area contributed by atoms with E-state index in [-0.39, 0.29) is 5.54 Å². The second kappa shape index (κ2) is 6.19. The maximum atomic E-state index is 5.39. The SMILES string of the molecule is CCC1(NC(=S)Nc2ccc(OC)nc2)CCCC1. The molecule has 1 fully saturated rings. The number of hydrogen-bond donors (Lipinski definition) is 2. The van der Waals surface area contributed by atoms with Crippen LogP contribution in [0.3, 0.4) is 0 Å². The van der Waals surface area contributed by atoms with Gasteiger partial charge in [-0.05, 0) is 37.5 Å². The molecule has 104 valence electrons. The second-order valence-electron chi connectivity index (χ2n) is 5.01. The molecule has 0 aromatic carbocycles. The topological polar surface area (TPSA) is 46.2 Å². The van der Waals surface area contributed by atoms with Gasteiger partial charge in [0.2, 0.25) is 5.88 Å². The lowest BCUT2D eigenvalue weighted by Crippen LogP contribution is -2.47. The zero-order valence-electron chi connectivity index (χ0n) is 11.5. The van der Waals surface area contributed by atoms with E-state index in [2.05, 4.69) is 22.5 Å². The Kier molecular flexibility index (Phi) is 4.58. The summed E-state index contributed by atoms with van der Waals surface area (Å²) in [5.74, 6) is 0.602. The summed E-state index contributed by atoms with van der Waals surface area (Å²) in [6.45, 7) is 2.22. The molecule has 1 aliphatic carbocycles. The number of methoxy groups -OCH3 is 1. The molecule has 1 heterocycles. The first-order valence-corrected chi connectivity index (χ1v) is 7.17. The van der Waals surface area contributed by atoms with Gasteiger partial charge >= 0.3 is 0 Å². The third-order valence-electron chi connectivity index (χ3n) is 3.82. The summed E-state index contributed by atoms with van der Waals surface area (Å²) >= 11 is 5.39. The summed E-state index contributed by atoms with van der Waals surface area (Å²) in [6.07, 6.45) is 7.80. The molecule has 19 heavy (non-hydrogen) atoms. The minimum atomic E-state index is 0.185. The number of thiocarbonyl (C=S) groups is 1. The van der Waals surface area contributed by atoms with Crippen molar-refractivity contribution in [3.05, 3.63) is 18.3 Å². The summed E-state index contributed by atoms with van der Waals surface area (Å²) in [6, 6.07) is 3.73. The van der Waals surface area contributed by atoms with E-state index in [1.54, 1.807) is 13.3 Å². The standard InChI is InChI=1S/C14H21N3OS/c1-3-14(8-4-5-9-14)17-13(19)16-11-6-7-12(18-2)15-10-11/h6-7,10H,3-5,8-9H2,1-2H3,(H2,16,17,19). The minimum absolute atomic E-state index is 0.185. The molecule has 1 saturated carbocycles.